The maximum absolute atomic E-state index is 12.6. The van der Waals surface area contributed by atoms with Crippen LogP contribution in [0.4, 0.5) is 0 Å². The normalized spacial score (nSPS) is 36.6. The van der Waals surface area contributed by atoms with E-state index < -0.39 is 0 Å². The number of esters is 1. The molecule has 0 radical (unpaired) electrons. The van der Waals surface area contributed by atoms with E-state index in [0.717, 1.165) is 6.42 Å². The van der Waals surface area contributed by atoms with E-state index in [1.165, 1.54) is 7.11 Å². The van der Waals surface area contributed by atoms with Gasteiger partial charge < -0.3 is 14.4 Å². The van der Waals surface area contributed by atoms with Crippen LogP contribution in [0, 0.1) is 23.7 Å². The Labute approximate surface area is 112 Å². The van der Waals surface area contributed by atoms with Gasteiger partial charge in [-0.1, -0.05) is 12.2 Å². The minimum absolute atomic E-state index is 0.0931. The van der Waals surface area contributed by atoms with Crippen molar-refractivity contribution in [1.29, 1.82) is 0 Å². The van der Waals surface area contributed by atoms with Gasteiger partial charge in [0.05, 0.1) is 32.2 Å². The second-order valence-corrected chi connectivity index (χ2v) is 5.46. The van der Waals surface area contributed by atoms with E-state index in [-0.39, 0.29) is 35.5 Å². The molecule has 2 bridgehead atoms. The van der Waals surface area contributed by atoms with Crippen molar-refractivity contribution in [2.45, 2.75) is 6.42 Å². The monoisotopic (exact) mass is 265 g/mol. The molecule has 0 aromatic carbocycles. The number of fused-ring (bicyclic) bond motifs is 2. The lowest BCUT2D eigenvalue weighted by molar-refractivity contribution is -0.155. The van der Waals surface area contributed by atoms with Gasteiger partial charge in [0.1, 0.15) is 0 Å². The number of allylic oxidation sites excluding steroid dienone is 2. The van der Waals surface area contributed by atoms with Crippen LogP contribution in [0.1, 0.15) is 6.42 Å². The highest BCUT2D eigenvalue weighted by Gasteiger charge is 2.53. The Balaban J connectivity index is 1.79. The van der Waals surface area contributed by atoms with Crippen LogP contribution in [0.15, 0.2) is 12.2 Å². The van der Waals surface area contributed by atoms with Gasteiger partial charge in [-0.2, -0.15) is 0 Å². The SMILES string of the molecule is COC(=O)C1C(C(=O)N2CCOCC2)[C@H]2C=C[C@H]1C2. The predicted molar refractivity (Wildman–Crippen MR) is 67.1 cm³/mol. The Morgan fingerprint density at radius 3 is 2.42 bits per heavy atom. The zero-order valence-corrected chi connectivity index (χ0v) is 11.1. The molecule has 19 heavy (non-hydrogen) atoms. The van der Waals surface area contributed by atoms with Gasteiger partial charge in [-0.25, -0.2) is 0 Å². The Kier molecular flexibility index (Phi) is 3.31. The van der Waals surface area contributed by atoms with Crippen molar-refractivity contribution in [3.63, 3.8) is 0 Å². The molecule has 2 fully saturated rings. The second kappa shape index (κ2) is 4.96. The first-order valence-corrected chi connectivity index (χ1v) is 6.85. The van der Waals surface area contributed by atoms with Gasteiger partial charge in [0.25, 0.3) is 0 Å². The Morgan fingerprint density at radius 1 is 1.16 bits per heavy atom. The highest BCUT2D eigenvalue weighted by Crippen LogP contribution is 2.49. The highest BCUT2D eigenvalue weighted by atomic mass is 16.5. The molecular formula is C14H19NO4. The number of rotatable bonds is 2. The number of carbonyl (C=O) groups excluding carboxylic acids is 2. The topological polar surface area (TPSA) is 55.8 Å². The van der Waals surface area contributed by atoms with Crippen molar-refractivity contribution >= 4 is 11.9 Å². The summed E-state index contributed by atoms with van der Waals surface area (Å²) in [5, 5.41) is 0. The number of amides is 1. The van der Waals surface area contributed by atoms with Gasteiger partial charge in [0.2, 0.25) is 5.91 Å². The van der Waals surface area contributed by atoms with Crippen LogP contribution in [-0.2, 0) is 19.1 Å². The molecule has 0 N–H and O–H groups in total. The summed E-state index contributed by atoms with van der Waals surface area (Å²) in [5.74, 6) is -0.313. The molecule has 104 valence electrons. The zero-order chi connectivity index (χ0) is 13.4. The minimum atomic E-state index is -0.296. The van der Waals surface area contributed by atoms with Crippen molar-refractivity contribution < 1.29 is 19.1 Å². The zero-order valence-electron chi connectivity index (χ0n) is 11.1. The lowest BCUT2D eigenvalue weighted by Gasteiger charge is -2.33. The van der Waals surface area contributed by atoms with Crippen LogP contribution in [0.5, 0.6) is 0 Å². The van der Waals surface area contributed by atoms with Gasteiger partial charge >= 0.3 is 5.97 Å². The van der Waals surface area contributed by atoms with Gasteiger partial charge in [-0.05, 0) is 18.3 Å². The second-order valence-electron chi connectivity index (χ2n) is 5.46. The van der Waals surface area contributed by atoms with Gasteiger partial charge in [0.15, 0.2) is 0 Å². The molecule has 3 aliphatic rings. The van der Waals surface area contributed by atoms with Crippen LogP contribution < -0.4 is 0 Å². The molecule has 2 aliphatic carbocycles. The summed E-state index contributed by atoms with van der Waals surface area (Å²) in [4.78, 5) is 26.4. The summed E-state index contributed by atoms with van der Waals surface area (Å²) in [5.41, 5.74) is 0. The number of morpholine rings is 1. The van der Waals surface area contributed by atoms with Crippen LogP contribution >= 0.6 is 0 Å². The lowest BCUT2D eigenvalue weighted by Crippen LogP contribution is -2.47. The fraction of sp³-hybridized carbons (Fsp3) is 0.714. The van der Waals surface area contributed by atoms with Crippen LogP contribution in [0.25, 0.3) is 0 Å². The first-order chi connectivity index (χ1) is 9.22. The summed E-state index contributed by atoms with van der Waals surface area (Å²) in [7, 11) is 1.40. The summed E-state index contributed by atoms with van der Waals surface area (Å²) < 4.78 is 10.2. The Hall–Kier alpha value is -1.36. The van der Waals surface area contributed by atoms with Gasteiger partial charge in [-0.3, -0.25) is 9.59 Å². The fourth-order valence-electron chi connectivity index (χ4n) is 3.61. The standard InChI is InChI=1S/C14H19NO4/c1-18-14(17)12-10-3-2-9(8-10)11(12)13(16)15-4-6-19-7-5-15/h2-3,9-12H,4-8H2,1H3/t9-,10-,11?,12?/m0/s1. The summed E-state index contributed by atoms with van der Waals surface area (Å²) >= 11 is 0. The fourth-order valence-corrected chi connectivity index (χ4v) is 3.61. The van der Waals surface area contributed by atoms with E-state index in [1.807, 2.05) is 4.90 Å². The van der Waals surface area contributed by atoms with Crippen molar-refractivity contribution in [3.05, 3.63) is 12.2 Å². The molecule has 1 aliphatic heterocycles. The molecule has 1 amide bonds. The molecule has 1 saturated carbocycles. The van der Waals surface area contributed by atoms with E-state index in [4.69, 9.17) is 9.47 Å². The molecule has 5 heteroatoms. The largest absolute Gasteiger partial charge is 0.469 e. The first kappa shape index (κ1) is 12.7. The number of hydrogen-bond acceptors (Lipinski definition) is 4. The van der Waals surface area contributed by atoms with Crippen LogP contribution in [0.3, 0.4) is 0 Å². The molecule has 0 aromatic rings. The number of hydrogen-bond donors (Lipinski definition) is 0. The molecular weight excluding hydrogens is 246 g/mol. The number of methoxy groups -OCH3 is 1. The van der Waals surface area contributed by atoms with E-state index in [1.54, 1.807) is 0 Å². The quantitative estimate of drug-likeness (QED) is 0.537. The minimum Gasteiger partial charge on any atom is -0.469 e. The third-order valence-corrected chi connectivity index (χ3v) is 4.54. The van der Waals surface area contributed by atoms with Crippen molar-refractivity contribution in [3.8, 4) is 0 Å². The van der Waals surface area contributed by atoms with E-state index in [2.05, 4.69) is 12.2 Å². The lowest BCUT2D eigenvalue weighted by atomic mass is 9.82. The molecule has 0 spiro atoms. The molecule has 3 rings (SSSR count). The maximum Gasteiger partial charge on any atom is 0.310 e. The average molecular weight is 265 g/mol. The van der Waals surface area contributed by atoms with Crippen molar-refractivity contribution in [2.75, 3.05) is 33.4 Å². The number of nitrogens with zero attached hydrogens (tertiary/aromatic N) is 1. The molecule has 2 unspecified atom stereocenters. The molecule has 5 nitrogen and oxygen atoms in total. The highest BCUT2D eigenvalue weighted by molar-refractivity contribution is 5.87. The van der Waals surface area contributed by atoms with E-state index >= 15 is 0 Å². The predicted octanol–water partition coefficient (Wildman–Crippen LogP) is 0.456. The summed E-state index contributed by atoms with van der Waals surface area (Å²) in [6, 6.07) is 0. The third kappa shape index (κ3) is 2.06. The molecule has 0 aromatic heterocycles. The average Bonchev–Trinajstić information content (AvgIpc) is 3.07. The van der Waals surface area contributed by atoms with Crippen molar-refractivity contribution in [1.82, 2.24) is 4.90 Å². The smallest absolute Gasteiger partial charge is 0.310 e. The van der Waals surface area contributed by atoms with Crippen molar-refractivity contribution in [2.24, 2.45) is 23.7 Å². The summed E-state index contributed by atoms with van der Waals surface area (Å²) in [6.45, 7) is 2.44. The number of ether oxygens (including phenoxy) is 2. The molecule has 1 heterocycles. The van der Waals surface area contributed by atoms with Gasteiger partial charge in [0, 0.05) is 13.1 Å². The Morgan fingerprint density at radius 2 is 1.79 bits per heavy atom. The van der Waals surface area contributed by atoms with E-state index in [0.29, 0.717) is 26.3 Å². The van der Waals surface area contributed by atoms with E-state index in [9.17, 15) is 9.59 Å². The number of carbonyl (C=O) groups is 2. The Bertz CT molecular complexity index is 414. The summed E-state index contributed by atoms with van der Waals surface area (Å²) in [6.07, 6.45) is 5.06. The third-order valence-electron chi connectivity index (χ3n) is 4.54. The van der Waals surface area contributed by atoms with Crippen LogP contribution in [0.2, 0.25) is 0 Å². The van der Waals surface area contributed by atoms with Crippen LogP contribution in [-0.4, -0.2) is 50.2 Å². The molecule has 1 saturated heterocycles. The molecule has 4 atom stereocenters. The van der Waals surface area contributed by atoms with Gasteiger partial charge in [-0.15, -0.1) is 0 Å². The first-order valence-electron chi connectivity index (χ1n) is 6.85. The maximum atomic E-state index is 12.6.